The Balaban J connectivity index is 3.25. The molecule has 19 heavy (non-hydrogen) atoms. The highest BCUT2D eigenvalue weighted by molar-refractivity contribution is 5.85. The zero-order chi connectivity index (χ0) is 14.4. The van der Waals surface area contributed by atoms with Gasteiger partial charge in [-0.25, -0.2) is 4.79 Å². The van der Waals surface area contributed by atoms with Gasteiger partial charge >= 0.3 is 5.97 Å². The van der Waals surface area contributed by atoms with E-state index in [1.54, 1.807) is 6.92 Å². The Bertz CT molecular complexity index is 468. The summed E-state index contributed by atoms with van der Waals surface area (Å²) in [6.45, 7) is 1.76. The summed E-state index contributed by atoms with van der Waals surface area (Å²) in [5.74, 6) is -0.173. The van der Waals surface area contributed by atoms with Crippen molar-refractivity contribution in [3.05, 3.63) is 23.3 Å². The fourth-order valence-corrected chi connectivity index (χ4v) is 1.60. The van der Waals surface area contributed by atoms with Gasteiger partial charge in [0, 0.05) is 11.1 Å². The van der Waals surface area contributed by atoms with E-state index in [4.69, 9.17) is 14.2 Å². The van der Waals surface area contributed by atoms with Crippen LogP contribution < -0.4 is 9.47 Å². The Kier molecular flexibility index (Phi) is 5.32. The number of carbonyl (C=O) groups excluding carboxylic acids is 2. The molecule has 1 N–H and O–H groups in total. The van der Waals surface area contributed by atoms with Gasteiger partial charge < -0.3 is 19.3 Å². The van der Waals surface area contributed by atoms with E-state index in [9.17, 15) is 14.7 Å². The minimum atomic E-state index is -1.54. The summed E-state index contributed by atoms with van der Waals surface area (Å²) in [7, 11) is 2.84. The maximum Gasteiger partial charge on any atom is 0.339 e. The first-order valence-electron chi connectivity index (χ1n) is 5.64. The summed E-state index contributed by atoms with van der Waals surface area (Å²) < 4.78 is 14.8. The van der Waals surface area contributed by atoms with E-state index in [1.807, 2.05) is 0 Å². The number of aldehydes is 1. The first kappa shape index (κ1) is 15.0. The second-order valence-corrected chi connectivity index (χ2v) is 3.61. The molecule has 1 atom stereocenters. The summed E-state index contributed by atoms with van der Waals surface area (Å²) in [4.78, 5) is 22.5. The summed E-state index contributed by atoms with van der Waals surface area (Å²) in [6.07, 6.45) is -1.01. The van der Waals surface area contributed by atoms with Crippen molar-refractivity contribution in [2.24, 2.45) is 0 Å². The van der Waals surface area contributed by atoms with E-state index in [1.165, 1.54) is 26.4 Å². The summed E-state index contributed by atoms with van der Waals surface area (Å²) in [5.41, 5.74) is 0.254. The van der Waals surface area contributed by atoms with Gasteiger partial charge in [0.15, 0.2) is 23.9 Å². The molecule has 1 aromatic carbocycles. The van der Waals surface area contributed by atoms with Crippen molar-refractivity contribution < 1.29 is 28.9 Å². The summed E-state index contributed by atoms with van der Waals surface area (Å²) in [6, 6.07) is 2.77. The first-order chi connectivity index (χ1) is 9.08. The lowest BCUT2D eigenvalue weighted by Gasteiger charge is -2.15. The van der Waals surface area contributed by atoms with Crippen LogP contribution in [0.1, 0.15) is 28.9 Å². The molecule has 0 bridgehead atoms. The molecule has 0 radical (unpaired) electrons. The molecule has 1 rings (SSSR count). The van der Waals surface area contributed by atoms with Crippen LogP contribution in [-0.4, -0.2) is 38.2 Å². The maximum absolute atomic E-state index is 11.5. The number of ether oxygens (including phenoxy) is 3. The van der Waals surface area contributed by atoms with Gasteiger partial charge in [-0.2, -0.15) is 0 Å². The highest BCUT2D eigenvalue weighted by Gasteiger charge is 2.24. The van der Waals surface area contributed by atoms with Crippen molar-refractivity contribution in [1.82, 2.24) is 0 Å². The molecular weight excluding hydrogens is 252 g/mol. The standard InChI is InChI=1S/C13H16O6/c1-4-19-13(16)12(15)9-6-11(18-3)10(17-2)5-8(9)7-14/h5-7,12,15H,4H2,1-3H3. The summed E-state index contributed by atoms with van der Waals surface area (Å²) >= 11 is 0. The van der Waals surface area contributed by atoms with Gasteiger partial charge in [0.1, 0.15) is 0 Å². The molecule has 0 saturated carbocycles. The zero-order valence-electron chi connectivity index (χ0n) is 11.0. The number of esters is 1. The van der Waals surface area contributed by atoms with Gasteiger partial charge in [0.25, 0.3) is 0 Å². The Morgan fingerprint density at radius 3 is 2.37 bits per heavy atom. The van der Waals surface area contributed by atoms with Crippen LogP contribution in [0, 0.1) is 0 Å². The number of rotatable bonds is 6. The molecule has 0 spiro atoms. The lowest BCUT2D eigenvalue weighted by molar-refractivity contribution is -0.153. The Hall–Kier alpha value is -2.08. The smallest absolute Gasteiger partial charge is 0.339 e. The number of aliphatic hydroxyl groups excluding tert-OH is 1. The Morgan fingerprint density at radius 1 is 1.32 bits per heavy atom. The van der Waals surface area contributed by atoms with Crippen LogP contribution in [0.4, 0.5) is 0 Å². The summed E-state index contributed by atoms with van der Waals surface area (Å²) in [5, 5.41) is 9.89. The highest BCUT2D eigenvalue weighted by Crippen LogP contribution is 2.33. The van der Waals surface area contributed by atoms with E-state index in [-0.39, 0.29) is 17.7 Å². The van der Waals surface area contributed by atoms with Gasteiger partial charge in [-0.1, -0.05) is 0 Å². The largest absolute Gasteiger partial charge is 0.493 e. The Morgan fingerprint density at radius 2 is 1.89 bits per heavy atom. The number of benzene rings is 1. The molecule has 1 aromatic rings. The van der Waals surface area contributed by atoms with Crippen LogP contribution >= 0.6 is 0 Å². The van der Waals surface area contributed by atoms with Gasteiger partial charge in [-0.05, 0) is 19.1 Å². The van der Waals surface area contributed by atoms with Crippen molar-refractivity contribution >= 4 is 12.3 Å². The molecule has 0 aliphatic carbocycles. The molecule has 104 valence electrons. The number of methoxy groups -OCH3 is 2. The van der Waals surface area contributed by atoms with Crippen molar-refractivity contribution in [2.75, 3.05) is 20.8 Å². The Labute approximate surface area is 110 Å². The maximum atomic E-state index is 11.5. The average Bonchev–Trinajstić information content (AvgIpc) is 2.45. The van der Waals surface area contributed by atoms with Crippen LogP contribution in [0.3, 0.4) is 0 Å². The quantitative estimate of drug-likeness (QED) is 0.615. The fourth-order valence-electron chi connectivity index (χ4n) is 1.60. The van der Waals surface area contributed by atoms with Crippen LogP contribution in [0.15, 0.2) is 12.1 Å². The number of aliphatic hydroxyl groups is 1. The van der Waals surface area contributed by atoms with Crippen LogP contribution in [0.25, 0.3) is 0 Å². The van der Waals surface area contributed by atoms with Crippen molar-refractivity contribution in [3.63, 3.8) is 0 Å². The van der Waals surface area contributed by atoms with E-state index in [2.05, 4.69) is 0 Å². The van der Waals surface area contributed by atoms with Gasteiger partial charge in [0.05, 0.1) is 20.8 Å². The molecule has 1 unspecified atom stereocenters. The van der Waals surface area contributed by atoms with E-state index >= 15 is 0 Å². The highest BCUT2D eigenvalue weighted by atomic mass is 16.5. The minimum absolute atomic E-state index is 0.117. The molecule has 0 fully saturated rings. The third-order valence-electron chi connectivity index (χ3n) is 2.52. The molecule has 0 amide bonds. The minimum Gasteiger partial charge on any atom is -0.493 e. The number of hydrogen-bond acceptors (Lipinski definition) is 6. The van der Waals surface area contributed by atoms with Crippen LogP contribution in [0.2, 0.25) is 0 Å². The van der Waals surface area contributed by atoms with Crippen molar-refractivity contribution in [2.45, 2.75) is 13.0 Å². The first-order valence-corrected chi connectivity index (χ1v) is 5.64. The molecule has 0 aliphatic rings. The SMILES string of the molecule is CCOC(=O)C(O)c1cc(OC)c(OC)cc1C=O. The second-order valence-electron chi connectivity index (χ2n) is 3.61. The molecule has 6 heteroatoms. The van der Waals surface area contributed by atoms with Crippen molar-refractivity contribution in [1.29, 1.82) is 0 Å². The predicted octanol–water partition coefficient (Wildman–Crippen LogP) is 1.11. The lowest BCUT2D eigenvalue weighted by Crippen LogP contribution is -2.17. The van der Waals surface area contributed by atoms with E-state index < -0.39 is 12.1 Å². The molecule has 0 aliphatic heterocycles. The third kappa shape index (κ3) is 3.23. The monoisotopic (exact) mass is 268 g/mol. The van der Waals surface area contributed by atoms with Crippen LogP contribution in [-0.2, 0) is 9.53 Å². The van der Waals surface area contributed by atoms with E-state index in [0.29, 0.717) is 17.8 Å². The molecule has 0 aromatic heterocycles. The van der Waals surface area contributed by atoms with Gasteiger partial charge in [0.2, 0.25) is 0 Å². The van der Waals surface area contributed by atoms with Crippen molar-refractivity contribution in [3.8, 4) is 11.5 Å². The molecule has 0 saturated heterocycles. The average molecular weight is 268 g/mol. The van der Waals surface area contributed by atoms with E-state index in [0.717, 1.165) is 0 Å². The van der Waals surface area contributed by atoms with Gasteiger partial charge in [-0.3, -0.25) is 4.79 Å². The molecular formula is C13H16O6. The number of hydrogen-bond donors (Lipinski definition) is 1. The fraction of sp³-hybridized carbons (Fsp3) is 0.385. The van der Waals surface area contributed by atoms with Gasteiger partial charge in [-0.15, -0.1) is 0 Å². The number of carbonyl (C=O) groups is 2. The third-order valence-corrected chi connectivity index (χ3v) is 2.52. The second kappa shape index (κ2) is 6.75. The predicted molar refractivity (Wildman–Crippen MR) is 66.5 cm³/mol. The topological polar surface area (TPSA) is 82.1 Å². The lowest BCUT2D eigenvalue weighted by atomic mass is 10.0. The normalized spacial score (nSPS) is 11.6. The molecule has 0 heterocycles. The van der Waals surface area contributed by atoms with Crippen LogP contribution in [0.5, 0.6) is 11.5 Å². The molecule has 6 nitrogen and oxygen atoms in total. The zero-order valence-corrected chi connectivity index (χ0v) is 11.0.